The van der Waals surface area contributed by atoms with E-state index in [1.807, 2.05) is 38.1 Å². The topological polar surface area (TPSA) is 78.5 Å². The number of carbonyl (C=O) groups excluding carboxylic acids is 1. The maximum absolute atomic E-state index is 13.0. The van der Waals surface area contributed by atoms with Crippen molar-refractivity contribution in [2.75, 3.05) is 25.0 Å². The predicted octanol–water partition coefficient (Wildman–Crippen LogP) is 3.59. The summed E-state index contributed by atoms with van der Waals surface area (Å²) in [6.45, 7) is 5.83. The van der Waals surface area contributed by atoms with Gasteiger partial charge >= 0.3 is 0 Å². The number of halogens is 1. The number of sulfonamides is 1. The lowest BCUT2D eigenvalue weighted by atomic mass is 10.0. The second-order valence-corrected chi connectivity index (χ2v) is 9.15. The Morgan fingerprint density at radius 2 is 1.86 bits per heavy atom. The average Bonchev–Trinajstić information content (AvgIpc) is 2.71. The number of benzene rings is 2. The fraction of sp³-hybridized carbons (Fsp3) is 0.381. The molecule has 1 heterocycles. The van der Waals surface area contributed by atoms with Gasteiger partial charge in [-0.25, -0.2) is 13.1 Å². The maximum Gasteiger partial charge on any atom is 0.240 e. The number of carbonyl (C=O) groups is 1. The summed E-state index contributed by atoms with van der Waals surface area (Å²) in [7, 11) is -3.71. The van der Waals surface area contributed by atoms with E-state index < -0.39 is 10.0 Å². The van der Waals surface area contributed by atoms with E-state index in [1.165, 1.54) is 6.07 Å². The fourth-order valence-corrected chi connectivity index (χ4v) is 4.99. The minimum absolute atomic E-state index is 0.0481. The molecule has 3 rings (SSSR count). The van der Waals surface area contributed by atoms with Gasteiger partial charge in [0.1, 0.15) is 0 Å². The molecular weight excluding hydrogens is 410 g/mol. The molecule has 0 radical (unpaired) electrons. The molecular formula is C21H26ClN3O3S. The second-order valence-electron chi connectivity index (χ2n) is 6.98. The predicted molar refractivity (Wildman–Crippen MR) is 116 cm³/mol. The van der Waals surface area contributed by atoms with Crippen LogP contribution in [0.15, 0.2) is 47.4 Å². The number of nitrogens with one attached hydrogen (secondary N) is 2. The Kier molecular flexibility index (Phi) is 6.95. The molecule has 0 saturated carbocycles. The normalized spacial score (nSPS) is 15.1. The summed E-state index contributed by atoms with van der Waals surface area (Å²) in [6.07, 6.45) is 0.896. The molecule has 2 aromatic rings. The van der Waals surface area contributed by atoms with Crippen molar-refractivity contribution in [3.8, 4) is 0 Å². The van der Waals surface area contributed by atoms with Gasteiger partial charge in [0.2, 0.25) is 15.9 Å². The summed E-state index contributed by atoms with van der Waals surface area (Å²) >= 11 is 6.40. The van der Waals surface area contributed by atoms with Crippen LogP contribution in [0.25, 0.3) is 0 Å². The molecule has 1 aliphatic heterocycles. The van der Waals surface area contributed by atoms with Gasteiger partial charge in [-0.15, -0.1) is 0 Å². The number of amides is 1. The number of aryl methyl sites for hydroxylation is 1. The largest absolute Gasteiger partial charge is 0.326 e. The van der Waals surface area contributed by atoms with Gasteiger partial charge in [-0.2, -0.15) is 0 Å². The van der Waals surface area contributed by atoms with Crippen molar-refractivity contribution in [3.05, 3.63) is 58.6 Å². The van der Waals surface area contributed by atoms with Gasteiger partial charge in [-0.1, -0.05) is 43.6 Å². The Morgan fingerprint density at radius 1 is 1.14 bits per heavy atom. The summed E-state index contributed by atoms with van der Waals surface area (Å²) in [5, 5.41) is 3.39. The third kappa shape index (κ3) is 4.98. The number of fused-ring (bicyclic) bond motifs is 1. The Bertz CT molecular complexity index is 990. The molecule has 0 bridgehead atoms. The van der Waals surface area contributed by atoms with Gasteiger partial charge in [0.05, 0.1) is 4.90 Å². The minimum Gasteiger partial charge on any atom is -0.326 e. The molecule has 156 valence electrons. The lowest BCUT2D eigenvalue weighted by Gasteiger charge is -2.31. The Labute approximate surface area is 177 Å². The highest BCUT2D eigenvalue weighted by molar-refractivity contribution is 7.89. The summed E-state index contributed by atoms with van der Waals surface area (Å²) < 4.78 is 28.7. The molecule has 0 saturated heterocycles. The van der Waals surface area contributed by atoms with E-state index in [9.17, 15) is 13.2 Å². The first kappa shape index (κ1) is 21.8. The average molecular weight is 436 g/mol. The van der Waals surface area contributed by atoms with Crippen molar-refractivity contribution in [1.82, 2.24) is 9.62 Å². The minimum atomic E-state index is -3.71. The monoisotopic (exact) mass is 435 g/mol. The van der Waals surface area contributed by atoms with Crippen LogP contribution in [0.4, 0.5) is 5.69 Å². The van der Waals surface area contributed by atoms with Crippen molar-refractivity contribution >= 4 is 33.2 Å². The molecule has 1 amide bonds. The number of nitrogens with zero attached hydrogens (tertiary/aromatic N) is 1. The molecule has 0 aromatic heterocycles. The SMILES string of the molecule is CCN(CC)C(CNS(=O)(=O)c1ccc2c(c1)CCC(=O)N2)c1ccccc1Cl. The van der Waals surface area contributed by atoms with Gasteiger partial charge in [0.25, 0.3) is 0 Å². The van der Waals surface area contributed by atoms with Crippen LogP contribution < -0.4 is 10.0 Å². The number of likely N-dealkylation sites (N-methyl/N-ethyl adjacent to an activating group) is 1. The van der Waals surface area contributed by atoms with Crippen LogP contribution in [0.2, 0.25) is 5.02 Å². The lowest BCUT2D eigenvalue weighted by molar-refractivity contribution is -0.116. The molecule has 29 heavy (non-hydrogen) atoms. The molecule has 2 N–H and O–H groups in total. The van der Waals surface area contributed by atoms with Crippen molar-refractivity contribution in [1.29, 1.82) is 0 Å². The van der Waals surface area contributed by atoms with Gasteiger partial charge in [0, 0.05) is 29.7 Å². The first-order valence-corrected chi connectivity index (χ1v) is 11.6. The first-order chi connectivity index (χ1) is 13.9. The Morgan fingerprint density at radius 3 is 2.55 bits per heavy atom. The number of hydrogen-bond acceptors (Lipinski definition) is 4. The zero-order valence-corrected chi connectivity index (χ0v) is 18.2. The maximum atomic E-state index is 13.0. The zero-order valence-electron chi connectivity index (χ0n) is 16.6. The van der Waals surface area contributed by atoms with Crippen LogP contribution >= 0.6 is 11.6 Å². The van der Waals surface area contributed by atoms with Crippen molar-refractivity contribution in [3.63, 3.8) is 0 Å². The Hall–Kier alpha value is -1.93. The van der Waals surface area contributed by atoms with Gasteiger partial charge in [-0.05, 0) is 54.9 Å². The third-order valence-corrected chi connectivity index (χ3v) is 7.03. The van der Waals surface area contributed by atoms with E-state index in [1.54, 1.807) is 12.1 Å². The van der Waals surface area contributed by atoms with E-state index in [-0.39, 0.29) is 23.4 Å². The van der Waals surface area contributed by atoms with Crippen LogP contribution in [-0.2, 0) is 21.2 Å². The highest BCUT2D eigenvalue weighted by Crippen LogP contribution is 2.28. The number of anilines is 1. The molecule has 1 atom stereocenters. The summed E-state index contributed by atoms with van der Waals surface area (Å²) in [5.74, 6) is -0.0481. The molecule has 0 spiro atoms. The number of rotatable bonds is 8. The van der Waals surface area contributed by atoms with Crippen LogP contribution in [0.1, 0.15) is 37.4 Å². The van der Waals surface area contributed by atoms with E-state index in [4.69, 9.17) is 11.6 Å². The fourth-order valence-electron chi connectivity index (χ4n) is 3.64. The molecule has 1 unspecified atom stereocenters. The van der Waals surface area contributed by atoms with Gasteiger partial charge in [0.15, 0.2) is 0 Å². The standard InChI is InChI=1S/C21H26ClN3O3S/c1-3-25(4-2)20(17-7-5-6-8-18(17)22)14-23-29(27,28)16-10-11-19-15(13-16)9-12-21(26)24-19/h5-8,10-11,13,20,23H,3-4,9,12,14H2,1-2H3,(H,24,26). The van der Waals surface area contributed by atoms with Crippen LogP contribution in [0.5, 0.6) is 0 Å². The van der Waals surface area contributed by atoms with E-state index in [0.29, 0.717) is 23.6 Å². The van der Waals surface area contributed by atoms with Crippen LogP contribution in [0.3, 0.4) is 0 Å². The summed E-state index contributed by atoms with van der Waals surface area (Å²) in [6, 6.07) is 12.2. The Balaban J connectivity index is 1.83. The van der Waals surface area contributed by atoms with E-state index in [0.717, 1.165) is 24.2 Å². The molecule has 0 aliphatic carbocycles. The first-order valence-electron chi connectivity index (χ1n) is 9.76. The van der Waals surface area contributed by atoms with Crippen LogP contribution in [0, 0.1) is 0 Å². The van der Waals surface area contributed by atoms with Gasteiger partial charge in [-0.3, -0.25) is 9.69 Å². The highest BCUT2D eigenvalue weighted by atomic mass is 35.5. The quantitative estimate of drug-likeness (QED) is 0.664. The molecule has 2 aromatic carbocycles. The van der Waals surface area contributed by atoms with E-state index >= 15 is 0 Å². The van der Waals surface area contributed by atoms with Crippen molar-refractivity contribution in [2.45, 2.75) is 37.6 Å². The van der Waals surface area contributed by atoms with Gasteiger partial charge < -0.3 is 5.32 Å². The third-order valence-electron chi connectivity index (χ3n) is 5.27. The van der Waals surface area contributed by atoms with Crippen LogP contribution in [-0.4, -0.2) is 38.9 Å². The lowest BCUT2D eigenvalue weighted by Crippen LogP contribution is -2.38. The second kappa shape index (κ2) is 9.26. The molecule has 6 nitrogen and oxygen atoms in total. The molecule has 8 heteroatoms. The van der Waals surface area contributed by atoms with E-state index in [2.05, 4.69) is 14.9 Å². The summed E-state index contributed by atoms with van der Waals surface area (Å²) in [4.78, 5) is 13.9. The zero-order chi connectivity index (χ0) is 21.0. The smallest absolute Gasteiger partial charge is 0.240 e. The molecule has 1 aliphatic rings. The van der Waals surface area contributed by atoms with Crippen molar-refractivity contribution < 1.29 is 13.2 Å². The molecule has 0 fully saturated rings. The summed E-state index contributed by atoms with van der Waals surface area (Å²) in [5.41, 5.74) is 2.41. The number of hydrogen-bond donors (Lipinski definition) is 2. The highest BCUT2D eigenvalue weighted by Gasteiger charge is 2.25. The van der Waals surface area contributed by atoms with Crippen molar-refractivity contribution in [2.24, 2.45) is 0 Å².